The minimum absolute atomic E-state index is 0.0871. The molecule has 0 aromatic heterocycles. The molecule has 0 radical (unpaired) electrons. The molecule has 2 rings (SSSR count). The summed E-state index contributed by atoms with van der Waals surface area (Å²) in [7, 11) is 0. The Bertz CT molecular complexity index is 376. The van der Waals surface area contributed by atoms with Gasteiger partial charge in [-0.2, -0.15) is 0 Å². The van der Waals surface area contributed by atoms with E-state index in [9.17, 15) is 9.50 Å². The number of halogens is 2. The zero-order valence-corrected chi connectivity index (χ0v) is 11.8. The summed E-state index contributed by atoms with van der Waals surface area (Å²) in [6.45, 7) is 3.86. The Hall–Kier alpha value is -0.490. The van der Waals surface area contributed by atoms with Crippen LogP contribution < -0.4 is 5.32 Å². The molecule has 1 aliphatic heterocycles. The van der Waals surface area contributed by atoms with E-state index in [-0.39, 0.29) is 18.5 Å². The van der Waals surface area contributed by atoms with Crippen molar-refractivity contribution in [2.45, 2.75) is 12.5 Å². The van der Waals surface area contributed by atoms with Crippen molar-refractivity contribution in [3.8, 4) is 0 Å². The Balaban J connectivity index is 2.22. The third-order valence-electron chi connectivity index (χ3n) is 3.26. The molecule has 100 valence electrons. The quantitative estimate of drug-likeness (QED) is 0.891. The number of aliphatic hydroxyl groups excluding tert-OH is 1. The first kappa shape index (κ1) is 13.9. The van der Waals surface area contributed by atoms with Crippen LogP contribution in [-0.4, -0.2) is 42.8 Å². The molecule has 0 unspecified atom stereocenters. The zero-order chi connectivity index (χ0) is 13.0. The van der Waals surface area contributed by atoms with Crippen molar-refractivity contribution in [1.29, 1.82) is 0 Å². The molecule has 0 saturated carbocycles. The predicted molar refractivity (Wildman–Crippen MR) is 73.0 cm³/mol. The lowest BCUT2D eigenvalue weighted by atomic mass is 10.0. The highest BCUT2D eigenvalue weighted by Gasteiger charge is 2.22. The smallest absolute Gasteiger partial charge is 0.124 e. The van der Waals surface area contributed by atoms with Gasteiger partial charge in [0.25, 0.3) is 0 Å². The molecule has 1 aromatic carbocycles. The van der Waals surface area contributed by atoms with Crippen molar-refractivity contribution in [3.63, 3.8) is 0 Å². The molecule has 18 heavy (non-hydrogen) atoms. The maximum Gasteiger partial charge on any atom is 0.124 e. The van der Waals surface area contributed by atoms with Gasteiger partial charge in [0.2, 0.25) is 0 Å². The van der Waals surface area contributed by atoms with E-state index < -0.39 is 0 Å². The first-order chi connectivity index (χ1) is 8.70. The summed E-state index contributed by atoms with van der Waals surface area (Å²) in [5.41, 5.74) is 0.929. The summed E-state index contributed by atoms with van der Waals surface area (Å²) in [5, 5.41) is 12.5. The number of benzene rings is 1. The molecule has 5 heteroatoms. The number of hydrogen-bond acceptors (Lipinski definition) is 3. The first-order valence-corrected chi connectivity index (χ1v) is 7.01. The molecular weight excluding hydrogens is 299 g/mol. The molecule has 1 heterocycles. The summed E-state index contributed by atoms with van der Waals surface area (Å²) in [5.74, 6) is -0.238. The van der Waals surface area contributed by atoms with Gasteiger partial charge in [-0.15, -0.1) is 0 Å². The second-order valence-corrected chi connectivity index (χ2v) is 5.43. The number of nitrogens with zero attached hydrogens (tertiary/aromatic N) is 1. The highest BCUT2D eigenvalue weighted by Crippen LogP contribution is 2.27. The molecule has 1 fully saturated rings. The van der Waals surface area contributed by atoms with Crippen LogP contribution >= 0.6 is 15.9 Å². The van der Waals surface area contributed by atoms with Gasteiger partial charge in [0, 0.05) is 43.3 Å². The lowest BCUT2D eigenvalue weighted by Crippen LogP contribution is -2.45. The van der Waals surface area contributed by atoms with E-state index in [0.717, 1.165) is 36.2 Å². The van der Waals surface area contributed by atoms with Crippen LogP contribution in [-0.2, 0) is 0 Å². The normalized spacial score (nSPS) is 18.8. The van der Waals surface area contributed by atoms with Crippen molar-refractivity contribution in [1.82, 2.24) is 10.2 Å². The van der Waals surface area contributed by atoms with Gasteiger partial charge < -0.3 is 10.4 Å². The van der Waals surface area contributed by atoms with E-state index in [2.05, 4.69) is 26.1 Å². The fourth-order valence-electron chi connectivity index (χ4n) is 2.44. The van der Waals surface area contributed by atoms with Crippen molar-refractivity contribution in [2.24, 2.45) is 0 Å². The van der Waals surface area contributed by atoms with Crippen molar-refractivity contribution in [2.75, 3.05) is 32.8 Å². The topological polar surface area (TPSA) is 35.5 Å². The minimum atomic E-state index is -0.238. The summed E-state index contributed by atoms with van der Waals surface area (Å²) < 4.78 is 14.2. The highest BCUT2D eigenvalue weighted by atomic mass is 79.9. The summed E-state index contributed by atoms with van der Waals surface area (Å²) in [4.78, 5) is 2.30. The standard InChI is InChI=1S/C13H18BrFN2O/c14-11-7-10(8-12(15)9-11)13(1-6-18)17-4-2-16-3-5-17/h7-9,13,16,18H,1-6H2/t13-/m1/s1. The number of hydrogen-bond donors (Lipinski definition) is 2. The van der Waals surface area contributed by atoms with Crippen LogP contribution in [0.3, 0.4) is 0 Å². The van der Waals surface area contributed by atoms with E-state index in [4.69, 9.17) is 0 Å². The zero-order valence-electron chi connectivity index (χ0n) is 10.2. The Morgan fingerprint density at radius 2 is 2.06 bits per heavy atom. The van der Waals surface area contributed by atoms with Crippen molar-refractivity contribution < 1.29 is 9.50 Å². The minimum Gasteiger partial charge on any atom is -0.396 e. The molecule has 1 saturated heterocycles. The highest BCUT2D eigenvalue weighted by molar-refractivity contribution is 9.10. The molecule has 1 aliphatic rings. The van der Waals surface area contributed by atoms with Crippen LogP contribution in [0.2, 0.25) is 0 Å². The van der Waals surface area contributed by atoms with Crippen molar-refractivity contribution >= 4 is 15.9 Å². The van der Waals surface area contributed by atoms with Gasteiger partial charge in [-0.25, -0.2) is 4.39 Å². The summed E-state index contributed by atoms with van der Waals surface area (Å²) in [6.07, 6.45) is 0.635. The number of aliphatic hydroxyl groups is 1. The Morgan fingerprint density at radius 1 is 1.33 bits per heavy atom. The maximum atomic E-state index is 13.5. The second kappa shape index (κ2) is 6.61. The molecule has 1 aromatic rings. The van der Waals surface area contributed by atoms with Crippen molar-refractivity contribution in [3.05, 3.63) is 34.1 Å². The van der Waals surface area contributed by atoms with Crippen LogP contribution in [0.25, 0.3) is 0 Å². The monoisotopic (exact) mass is 316 g/mol. The molecule has 2 N–H and O–H groups in total. The lowest BCUT2D eigenvalue weighted by molar-refractivity contribution is 0.141. The SMILES string of the molecule is OCC[C@H](c1cc(F)cc(Br)c1)N1CCNCC1. The number of piperazine rings is 1. The van der Waals surface area contributed by atoms with Gasteiger partial charge in [0.05, 0.1) is 0 Å². The number of nitrogens with one attached hydrogen (secondary N) is 1. The Kier molecular flexibility index (Phi) is 5.12. The third-order valence-corrected chi connectivity index (χ3v) is 3.72. The molecule has 0 aliphatic carbocycles. The lowest BCUT2D eigenvalue weighted by Gasteiger charge is -2.35. The first-order valence-electron chi connectivity index (χ1n) is 6.22. The van der Waals surface area contributed by atoms with E-state index in [1.807, 2.05) is 6.07 Å². The Labute approximate surface area is 115 Å². The average molecular weight is 317 g/mol. The van der Waals surface area contributed by atoms with Gasteiger partial charge >= 0.3 is 0 Å². The molecule has 0 bridgehead atoms. The third kappa shape index (κ3) is 3.51. The maximum absolute atomic E-state index is 13.5. The molecule has 3 nitrogen and oxygen atoms in total. The molecule has 0 amide bonds. The van der Waals surface area contributed by atoms with Gasteiger partial charge in [-0.1, -0.05) is 15.9 Å². The van der Waals surface area contributed by atoms with Gasteiger partial charge in [0.15, 0.2) is 0 Å². The van der Waals surface area contributed by atoms with Crippen LogP contribution in [0.15, 0.2) is 22.7 Å². The fraction of sp³-hybridized carbons (Fsp3) is 0.538. The summed E-state index contributed by atoms with van der Waals surface area (Å²) >= 11 is 3.32. The Morgan fingerprint density at radius 3 is 2.67 bits per heavy atom. The summed E-state index contributed by atoms with van der Waals surface area (Å²) in [6, 6.07) is 5.04. The molecular formula is C13H18BrFN2O. The predicted octanol–water partition coefficient (Wildman–Crippen LogP) is 1.92. The van der Waals surface area contributed by atoms with Crippen LogP contribution in [0.4, 0.5) is 4.39 Å². The van der Waals surface area contributed by atoms with E-state index in [1.165, 1.54) is 6.07 Å². The van der Waals surface area contributed by atoms with E-state index >= 15 is 0 Å². The van der Waals surface area contributed by atoms with Crippen LogP contribution in [0.1, 0.15) is 18.0 Å². The van der Waals surface area contributed by atoms with Crippen LogP contribution in [0, 0.1) is 5.82 Å². The van der Waals surface area contributed by atoms with Gasteiger partial charge in [0.1, 0.15) is 5.82 Å². The van der Waals surface area contributed by atoms with Gasteiger partial charge in [-0.05, 0) is 30.2 Å². The molecule has 1 atom stereocenters. The van der Waals surface area contributed by atoms with Gasteiger partial charge in [-0.3, -0.25) is 4.90 Å². The fourth-order valence-corrected chi connectivity index (χ4v) is 2.93. The van der Waals surface area contributed by atoms with E-state index in [0.29, 0.717) is 6.42 Å². The second-order valence-electron chi connectivity index (χ2n) is 4.52. The number of rotatable bonds is 4. The van der Waals surface area contributed by atoms with Crippen LogP contribution in [0.5, 0.6) is 0 Å². The largest absolute Gasteiger partial charge is 0.396 e. The molecule has 0 spiro atoms. The van der Waals surface area contributed by atoms with E-state index in [1.54, 1.807) is 6.07 Å². The average Bonchev–Trinajstić information content (AvgIpc) is 2.36.